The van der Waals surface area contributed by atoms with Crippen LogP contribution in [-0.2, 0) is 6.54 Å². The topological polar surface area (TPSA) is 32.8 Å². The molecule has 4 rings (SSSR count). The van der Waals surface area contributed by atoms with Crippen molar-refractivity contribution < 1.29 is 9.53 Å². The number of benzene rings is 3. The van der Waals surface area contributed by atoms with Crippen LogP contribution in [-0.4, -0.2) is 49.0 Å². The Labute approximate surface area is 160 Å². The molecule has 3 aromatic rings. The van der Waals surface area contributed by atoms with Gasteiger partial charge < -0.3 is 9.64 Å². The van der Waals surface area contributed by atoms with Gasteiger partial charge >= 0.3 is 0 Å². The molecule has 4 nitrogen and oxygen atoms in total. The van der Waals surface area contributed by atoms with E-state index in [0.29, 0.717) is 11.3 Å². The number of methoxy groups -OCH3 is 1. The first kappa shape index (κ1) is 17.6. The highest BCUT2D eigenvalue weighted by Gasteiger charge is 2.24. The molecule has 1 amide bonds. The third-order valence-corrected chi connectivity index (χ3v) is 5.22. The van der Waals surface area contributed by atoms with Crippen LogP contribution in [0.15, 0.2) is 66.7 Å². The molecule has 0 unspecified atom stereocenters. The molecule has 0 N–H and O–H groups in total. The number of carbonyl (C=O) groups excluding carboxylic acids is 1. The number of piperazine rings is 1. The van der Waals surface area contributed by atoms with E-state index in [2.05, 4.69) is 47.4 Å². The van der Waals surface area contributed by atoms with Crippen LogP contribution in [0.5, 0.6) is 5.75 Å². The summed E-state index contributed by atoms with van der Waals surface area (Å²) in [5, 5.41) is 2.55. The summed E-state index contributed by atoms with van der Waals surface area (Å²) in [5.41, 5.74) is 1.96. The van der Waals surface area contributed by atoms with Crippen molar-refractivity contribution in [3.63, 3.8) is 0 Å². The highest BCUT2D eigenvalue weighted by Crippen LogP contribution is 2.21. The van der Waals surface area contributed by atoms with Gasteiger partial charge in [0.1, 0.15) is 5.75 Å². The molecule has 0 spiro atoms. The monoisotopic (exact) mass is 360 g/mol. The highest BCUT2D eigenvalue weighted by atomic mass is 16.5. The van der Waals surface area contributed by atoms with Gasteiger partial charge in [-0.05, 0) is 34.5 Å². The van der Waals surface area contributed by atoms with Crippen LogP contribution in [0.1, 0.15) is 15.9 Å². The van der Waals surface area contributed by atoms with Gasteiger partial charge in [0.15, 0.2) is 0 Å². The summed E-state index contributed by atoms with van der Waals surface area (Å²) in [6.45, 7) is 4.16. The number of carbonyl (C=O) groups is 1. The summed E-state index contributed by atoms with van der Waals surface area (Å²) >= 11 is 0. The van der Waals surface area contributed by atoms with E-state index in [9.17, 15) is 4.79 Å². The minimum Gasteiger partial charge on any atom is -0.496 e. The van der Waals surface area contributed by atoms with E-state index < -0.39 is 0 Å². The van der Waals surface area contributed by atoms with Gasteiger partial charge in [0.05, 0.1) is 12.7 Å². The summed E-state index contributed by atoms with van der Waals surface area (Å²) in [6.07, 6.45) is 0. The van der Waals surface area contributed by atoms with Gasteiger partial charge in [-0.3, -0.25) is 9.69 Å². The Hall–Kier alpha value is -2.85. The summed E-state index contributed by atoms with van der Waals surface area (Å²) < 4.78 is 5.33. The second-order valence-electron chi connectivity index (χ2n) is 6.95. The maximum absolute atomic E-state index is 12.8. The normalized spacial score (nSPS) is 15.1. The van der Waals surface area contributed by atoms with Gasteiger partial charge in [-0.2, -0.15) is 0 Å². The fourth-order valence-corrected chi connectivity index (χ4v) is 3.70. The van der Waals surface area contributed by atoms with E-state index >= 15 is 0 Å². The maximum Gasteiger partial charge on any atom is 0.257 e. The van der Waals surface area contributed by atoms with Crippen LogP contribution in [0, 0.1) is 0 Å². The van der Waals surface area contributed by atoms with E-state index in [1.54, 1.807) is 7.11 Å². The smallest absolute Gasteiger partial charge is 0.257 e. The molecule has 0 aliphatic carbocycles. The van der Waals surface area contributed by atoms with Crippen LogP contribution < -0.4 is 4.74 Å². The molecule has 27 heavy (non-hydrogen) atoms. The summed E-state index contributed by atoms with van der Waals surface area (Å²) in [4.78, 5) is 17.2. The van der Waals surface area contributed by atoms with Crippen LogP contribution in [0.3, 0.4) is 0 Å². The first-order chi connectivity index (χ1) is 13.2. The number of ether oxygens (including phenoxy) is 1. The number of fused-ring (bicyclic) bond motifs is 1. The SMILES string of the molecule is COc1ccccc1C(=O)N1CCN(Cc2ccc3ccccc3c2)CC1. The van der Waals surface area contributed by atoms with Crippen molar-refractivity contribution >= 4 is 16.7 Å². The lowest BCUT2D eigenvalue weighted by Gasteiger charge is -2.35. The quantitative estimate of drug-likeness (QED) is 0.709. The fourth-order valence-electron chi connectivity index (χ4n) is 3.70. The molecule has 0 atom stereocenters. The van der Waals surface area contributed by atoms with Crippen molar-refractivity contribution in [1.82, 2.24) is 9.80 Å². The zero-order valence-corrected chi connectivity index (χ0v) is 15.6. The van der Waals surface area contributed by atoms with Crippen molar-refractivity contribution in [2.45, 2.75) is 6.54 Å². The number of para-hydroxylation sites is 1. The molecule has 1 fully saturated rings. The van der Waals surface area contributed by atoms with Gasteiger partial charge in [0.2, 0.25) is 0 Å². The lowest BCUT2D eigenvalue weighted by molar-refractivity contribution is 0.0625. The average molecular weight is 360 g/mol. The highest BCUT2D eigenvalue weighted by molar-refractivity contribution is 5.97. The predicted molar refractivity (Wildman–Crippen MR) is 108 cm³/mol. The summed E-state index contributed by atoms with van der Waals surface area (Å²) in [7, 11) is 1.60. The van der Waals surface area contributed by atoms with Gasteiger partial charge in [0.25, 0.3) is 5.91 Å². The number of hydrogen-bond acceptors (Lipinski definition) is 3. The molecule has 1 saturated heterocycles. The number of nitrogens with zero attached hydrogens (tertiary/aromatic N) is 2. The maximum atomic E-state index is 12.8. The number of rotatable bonds is 4. The minimum absolute atomic E-state index is 0.0535. The number of amides is 1. The Morgan fingerprint density at radius 1 is 0.889 bits per heavy atom. The Morgan fingerprint density at radius 3 is 2.37 bits per heavy atom. The molecular formula is C23H24N2O2. The van der Waals surface area contributed by atoms with Crippen LogP contribution in [0.2, 0.25) is 0 Å². The van der Waals surface area contributed by atoms with Crippen LogP contribution in [0.25, 0.3) is 10.8 Å². The molecule has 0 radical (unpaired) electrons. The zero-order chi connectivity index (χ0) is 18.6. The molecule has 0 aromatic heterocycles. The largest absolute Gasteiger partial charge is 0.496 e. The second-order valence-corrected chi connectivity index (χ2v) is 6.95. The van der Waals surface area contributed by atoms with Gasteiger partial charge in [0, 0.05) is 32.7 Å². The molecule has 1 aliphatic heterocycles. The molecule has 1 aliphatic rings. The molecule has 1 heterocycles. The lowest BCUT2D eigenvalue weighted by Crippen LogP contribution is -2.48. The van der Waals surface area contributed by atoms with E-state index in [1.807, 2.05) is 29.2 Å². The molecule has 4 heteroatoms. The Kier molecular flexibility index (Phi) is 5.07. The van der Waals surface area contributed by atoms with E-state index in [-0.39, 0.29) is 5.91 Å². The molecule has 3 aromatic carbocycles. The van der Waals surface area contributed by atoms with Gasteiger partial charge in [-0.1, -0.05) is 48.5 Å². The van der Waals surface area contributed by atoms with Crippen LogP contribution >= 0.6 is 0 Å². The minimum atomic E-state index is 0.0535. The third-order valence-electron chi connectivity index (χ3n) is 5.22. The first-order valence-corrected chi connectivity index (χ1v) is 9.37. The van der Waals surface area contributed by atoms with Crippen molar-refractivity contribution in [3.05, 3.63) is 77.9 Å². The Balaban J connectivity index is 1.39. The average Bonchev–Trinajstić information content (AvgIpc) is 2.73. The third kappa shape index (κ3) is 3.81. The predicted octanol–water partition coefficient (Wildman–Crippen LogP) is 3.81. The summed E-state index contributed by atoms with van der Waals surface area (Å²) in [5.74, 6) is 0.693. The fraction of sp³-hybridized carbons (Fsp3) is 0.261. The van der Waals surface area contributed by atoms with E-state index in [0.717, 1.165) is 32.7 Å². The van der Waals surface area contributed by atoms with E-state index in [1.165, 1.54) is 16.3 Å². The zero-order valence-electron chi connectivity index (χ0n) is 15.6. The van der Waals surface area contributed by atoms with Crippen molar-refractivity contribution in [2.75, 3.05) is 33.3 Å². The summed E-state index contributed by atoms with van der Waals surface area (Å²) in [6, 6.07) is 22.5. The molecule has 0 bridgehead atoms. The molecular weight excluding hydrogens is 336 g/mol. The number of hydrogen-bond donors (Lipinski definition) is 0. The lowest BCUT2D eigenvalue weighted by atomic mass is 10.1. The first-order valence-electron chi connectivity index (χ1n) is 9.37. The Bertz CT molecular complexity index is 946. The van der Waals surface area contributed by atoms with Crippen molar-refractivity contribution in [3.8, 4) is 5.75 Å². The van der Waals surface area contributed by atoms with Gasteiger partial charge in [-0.25, -0.2) is 0 Å². The molecule has 138 valence electrons. The Morgan fingerprint density at radius 2 is 1.59 bits per heavy atom. The van der Waals surface area contributed by atoms with Crippen molar-refractivity contribution in [2.24, 2.45) is 0 Å². The van der Waals surface area contributed by atoms with Crippen LogP contribution in [0.4, 0.5) is 0 Å². The molecule has 0 saturated carbocycles. The van der Waals surface area contributed by atoms with Crippen molar-refractivity contribution in [1.29, 1.82) is 0 Å². The standard InChI is InChI=1S/C23H24N2O2/c1-27-22-9-5-4-8-21(22)23(26)25-14-12-24(13-15-25)17-18-10-11-19-6-2-3-7-20(19)16-18/h2-11,16H,12-15,17H2,1H3. The van der Waals surface area contributed by atoms with E-state index in [4.69, 9.17) is 4.74 Å². The second kappa shape index (κ2) is 7.80. The van der Waals surface area contributed by atoms with Gasteiger partial charge in [-0.15, -0.1) is 0 Å².